The maximum Gasteiger partial charge on any atom is 0.349 e. The van der Waals surface area contributed by atoms with Crippen LogP contribution in [0.3, 0.4) is 0 Å². The van der Waals surface area contributed by atoms with Gasteiger partial charge in [-0.2, -0.15) is 0 Å². The van der Waals surface area contributed by atoms with Crippen LogP contribution >= 0.6 is 0 Å². The number of hydrogen-bond acceptors (Lipinski definition) is 5. The highest BCUT2D eigenvalue weighted by atomic mass is 16.6. The molecule has 80 valence electrons. The Balaban J connectivity index is 4.69. The van der Waals surface area contributed by atoms with Gasteiger partial charge in [-0.05, 0) is 19.9 Å². The molecule has 0 aliphatic carbocycles. The number of aliphatic hydroxyl groups is 1. The van der Waals surface area contributed by atoms with E-state index >= 15 is 0 Å². The highest BCUT2D eigenvalue weighted by Crippen LogP contribution is 2.10. The van der Waals surface area contributed by atoms with Crippen molar-refractivity contribution >= 4 is 5.97 Å². The molecule has 0 radical (unpaired) electrons. The molecule has 6 nitrogen and oxygen atoms in total. The summed E-state index contributed by atoms with van der Waals surface area (Å²) in [6.45, 7) is 2.27. The fourth-order valence-electron chi connectivity index (χ4n) is 0.914. The van der Waals surface area contributed by atoms with E-state index in [-0.39, 0.29) is 6.61 Å². The van der Waals surface area contributed by atoms with Gasteiger partial charge in [0.05, 0.1) is 6.61 Å². The minimum atomic E-state index is -2.16. The largest absolute Gasteiger partial charge is 0.463 e. The normalized spacial score (nSPS) is 15.1. The predicted octanol–water partition coefficient (Wildman–Crippen LogP) is 0.133. The van der Waals surface area contributed by atoms with Crippen LogP contribution in [-0.2, 0) is 9.53 Å². The summed E-state index contributed by atoms with van der Waals surface area (Å²) in [6.07, 6.45) is 2.41. The molecule has 1 N–H and O–H groups in total. The number of ether oxygens (including phenoxy) is 1. The van der Waals surface area contributed by atoms with E-state index in [9.17, 15) is 20.0 Å². The van der Waals surface area contributed by atoms with Gasteiger partial charge in [0.1, 0.15) is 0 Å². The molecule has 0 spiro atoms. The van der Waals surface area contributed by atoms with Gasteiger partial charge < -0.3 is 9.84 Å². The zero-order chi connectivity index (χ0) is 11.2. The Labute approximate surface area is 81.3 Å². The smallest absolute Gasteiger partial charge is 0.349 e. The lowest BCUT2D eigenvalue weighted by atomic mass is 10.0. The van der Waals surface area contributed by atoms with Crippen molar-refractivity contribution in [2.75, 3.05) is 13.2 Å². The molecule has 0 aromatic heterocycles. The summed E-state index contributed by atoms with van der Waals surface area (Å²) in [5.74, 6) is -1.00. The summed E-state index contributed by atoms with van der Waals surface area (Å²) in [7, 11) is 0. The minimum Gasteiger partial charge on any atom is -0.463 e. The van der Waals surface area contributed by atoms with Crippen molar-refractivity contribution in [1.82, 2.24) is 0 Å². The third kappa shape index (κ3) is 3.53. The highest BCUT2D eigenvalue weighted by molar-refractivity contribution is 5.81. The fraction of sp³-hybridized carbons (Fsp3) is 0.625. The van der Waals surface area contributed by atoms with Crippen LogP contribution in [0.15, 0.2) is 12.2 Å². The van der Waals surface area contributed by atoms with Gasteiger partial charge >= 0.3 is 5.97 Å². The standard InChI is InChI=1S/C8H13NO5/c1-3-5-8(11,6-9(12)13)7(10)14-4-2/h3,5,11H,4,6H2,1-2H3/b5-3+/t8-/m1/s1. The Morgan fingerprint density at radius 2 is 2.29 bits per heavy atom. The number of nitro groups is 1. The zero-order valence-electron chi connectivity index (χ0n) is 8.10. The molecule has 0 heterocycles. The van der Waals surface area contributed by atoms with E-state index in [4.69, 9.17) is 0 Å². The van der Waals surface area contributed by atoms with E-state index in [0.29, 0.717) is 0 Å². The Kier molecular flexibility index (Phi) is 4.79. The third-order valence-corrected chi connectivity index (χ3v) is 1.44. The lowest BCUT2D eigenvalue weighted by Crippen LogP contribution is -2.44. The molecule has 0 aromatic carbocycles. The molecule has 0 rings (SSSR count). The predicted molar refractivity (Wildman–Crippen MR) is 48.3 cm³/mol. The summed E-state index contributed by atoms with van der Waals surface area (Å²) in [4.78, 5) is 20.6. The summed E-state index contributed by atoms with van der Waals surface area (Å²) in [5, 5.41) is 19.8. The minimum absolute atomic E-state index is 0.0659. The molecule has 0 aliphatic rings. The number of carbonyl (C=O) groups is 1. The van der Waals surface area contributed by atoms with Crippen molar-refractivity contribution in [3.63, 3.8) is 0 Å². The van der Waals surface area contributed by atoms with Gasteiger partial charge in [-0.1, -0.05) is 6.08 Å². The molecule has 6 heteroatoms. The Bertz CT molecular complexity index is 250. The van der Waals surface area contributed by atoms with Gasteiger partial charge in [-0.3, -0.25) is 10.1 Å². The van der Waals surface area contributed by atoms with E-state index < -0.39 is 23.0 Å². The van der Waals surface area contributed by atoms with Crippen LogP contribution in [0.4, 0.5) is 0 Å². The van der Waals surface area contributed by atoms with Gasteiger partial charge in [0, 0.05) is 4.92 Å². The molecule has 14 heavy (non-hydrogen) atoms. The van der Waals surface area contributed by atoms with Crippen LogP contribution in [0.1, 0.15) is 13.8 Å². The van der Waals surface area contributed by atoms with Gasteiger partial charge in [0.25, 0.3) is 0 Å². The first-order chi connectivity index (χ1) is 6.46. The first-order valence-corrected chi connectivity index (χ1v) is 4.11. The summed E-state index contributed by atoms with van der Waals surface area (Å²) in [5.41, 5.74) is -2.16. The van der Waals surface area contributed by atoms with Gasteiger partial charge in [0.2, 0.25) is 12.1 Å². The number of allylic oxidation sites excluding steroid dienone is 1. The van der Waals surface area contributed by atoms with Crippen LogP contribution in [0, 0.1) is 10.1 Å². The molecular weight excluding hydrogens is 190 g/mol. The molecule has 0 saturated heterocycles. The molecule has 0 amide bonds. The van der Waals surface area contributed by atoms with Gasteiger partial charge in [-0.15, -0.1) is 0 Å². The summed E-state index contributed by atoms with van der Waals surface area (Å²) >= 11 is 0. The molecule has 0 aliphatic heterocycles. The van der Waals surface area contributed by atoms with E-state index in [1.54, 1.807) is 13.8 Å². The summed E-state index contributed by atoms with van der Waals surface area (Å²) in [6, 6.07) is 0. The molecule has 0 bridgehead atoms. The van der Waals surface area contributed by atoms with Gasteiger partial charge in [-0.25, -0.2) is 4.79 Å². The monoisotopic (exact) mass is 203 g/mol. The molecule has 0 saturated carbocycles. The average molecular weight is 203 g/mol. The van der Waals surface area contributed by atoms with Crippen molar-refractivity contribution in [3.05, 3.63) is 22.3 Å². The quantitative estimate of drug-likeness (QED) is 0.297. The molecule has 0 unspecified atom stereocenters. The highest BCUT2D eigenvalue weighted by Gasteiger charge is 2.40. The second-order valence-electron chi connectivity index (χ2n) is 2.64. The first kappa shape index (κ1) is 12.6. The summed E-state index contributed by atoms with van der Waals surface area (Å²) < 4.78 is 4.52. The number of rotatable bonds is 5. The lowest BCUT2D eigenvalue weighted by molar-refractivity contribution is -0.494. The maximum absolute atomic E-state index is 11.2. The Hall–Kier alpha value is -1.43. The van der Waals surface area contributed by atoms with Crippen LogP contribution in [0.25, 0.3) is 0 Å². The van der Waals surface area contributed by atoms with Gasteiger partial charge in [0.15, 0.2) is 0 Å². The van der Waals surface area contributed by atoms with E-state index in [1.165, 1.54) is 6.08 Å². The molecule has 0 fully saturated rings. The van der Waals surface area contributed by atoms with E-state index in [2.05, 4.69) is 4.74 Å². The number of hydrogen-bond donors (Lipinski definition) is 1. The van der Waals surface area contributed by atoms with Crippen molar-refractivity contribution in [1.29, 1.82) is 0 Å². The maximum atomic E-state index is 11.2. The number of esters is 1. The second-order valence-corrected chi connectivity index (χ2v) is 2.64. The number of nitrogens with zero attached hydrogens (tertiary/aromatic N) is 1. The first-order valence-electron chi connectivity index (χ1n) is 4.11. The van der Waals surface area contributed by atoms with Crippen molar-refractivity contribution < 1.29 is 19.6 Å². The van der Waals surface area contributed by atoms with Crippen molar-refractivity contribution in [2.24, 2.45) is 0 Å². The van der Waals surface area contributed by atoms with Crippen molar-refractivity contribution in [3.8, 4) is 0 Å². The molecule has 1 atom stereocenters. The third-order valence-electron chi connectivity index (χ3n) is 1.44. The van der Waals surface area contributed by atoms with E-state index in [0.717, 1.165) is 6.08 Å². The van der Waals surface area contributed by atoms with E-state index in [1.807, 2.05) is 0 Å². The second kappa shape index (κ2) is 5.33. The Morgan fingerprint density at radius 3 is 2.64 bits per heavy atom. The van der Waals surface area contributed by atoms with Crippen LogP contribution in [-0.4, -0.2) is 34.8 Å². The molecular formula is C8H13NO5. The lowest BCUT2D eigenvalue weighted by Gasteiger charge is -2.17. The SMILES string of the molecule is C/C=C/[C@@](O)(C[N+](=O)[O-])C(=O)OCC. The fourth-order valence-corrected chi connectivity index (χ4v) is 0.914. The molecule has 0 aromatic rings. The van der Waals surface area contributed by atoms with Crippen molar-refractivity contribution in [2.45, 2.75) is 19.4 Å². The Morgan fingerprint density at radius 1 is 1.71 bits per heavy atom. The average Bonchev–Trinajstić information content (AvgIpc) is 2.03. The van der Waals surface area contributed by atoms with Crippen LogP contribution in [0.5, 0.6) is 0 Å². The van der Waals surface area contributed by atoms with Crippen LogP contribution < -0.4 is 0 Å². The van der Waals surface area contributed by atoms with Crippen LogP contribution in [0.2, 0.25) is 0 Å². The number of carbonyl (C=O) groups excluding carboxylic acids is 1. The zero-order valence-corrected chi connectivity index (χ0v) is 8.10. The topological polar surface area (TPSA) is 89.7 Å².